The second kappa shape index (κ2) is 6.58. The number of ketones is 1. The Labute approximate surface area is 163 Å². The Kier molecular flexibility index (Phi) is 4.31. The van der Waals surface area contributed by atoms with E-state index in [0.717, 1.165) is 60.5 Å². The van der Waals surface area contributed by atoms with Gasteiger partial charge >= 0.3 is 0 Å². The minimum Gasteiger partial charge on any atom is -0.393 e. The normalized spacial score (nSPS) is 45.3. The van der Waals surface area contributed by atoms with Crippen molar-refractivity contribution in [3.8, 4) is 0 Å². The highest BCUT2D eigenvalue weighted by molar-refractivity contribution is 6.05. The van der Waals surface area contributed by atoms with Crippen molar-refractivity contribution in [1.29, 1.82) is 0 Å². The molecule has 1 aromatic carbocycles. The second-order valence-electron chi connectivity index (χ2n) is 10.1. The van der Waals surface area contributed by atoms with Crippen LogP contribution < -0.4 is 0 Å². The zero-order valence-electron chi connectivity index (χ0n) is 16.4. The van der Waals surface area contributed by atoms with Gasteiger partial charge in [0, 0.05) is 5.41 Å². The third kappa shape index (κ3) is 2.92. The summed E-state index contributed by atoms with van der Waals surface area (Å²) in [5, 5.41) is 10.1. The van der Waals surface area contributed by atoms with Crippen molar-refractivity contribution in [3.63, 3.8) is 0 Å². The van der Waals surface area contributed by atoms with Gasteiger partial charge in [-0.2, -0.15) is 0 Å². The molecule has 5 rings (SSSR count). The Morgan fingerprint density at radius 3 is 2.59 bits per heavy atom. The summed E-state index contributed by atoms with van der Waals surface area (Å²) in [4.78, 5) is 13.4. The molecule has 0 amide bonds. The first kappa shape index (κ1) is 17.7. The van der Waals surface area contributed by atoms with E-state index in [1.807, 2.05) is 18.2 Å². The number of aliphatic hydroxyl groups excluding tert-OH is 1. The van der Waals surface area contributed by atoms with E-state index in [9.17, 15) is 9.90 Å². The van der Waals surface area contributed by atoms with E-state index < -0.39 is 0 Å². The van der Waals surface area contributed by atoms with E-state index in [4.69, 9.17) is 0 Å². The van der Waals surface area contributed by atoms with E-state index in [-0.39, 0.29) is 11.5 Å². The van der Waals surface area contributed by atoms with Crippen LogP contribution in [0.3, 0.4) is 0 Å². The number of hydrogen-bond donors (Lipinski definition) is 1. The van der Waals surface area contributed by atoms with E-state index in [0.29, 0.717) is 11.7 Å². The SMILES string of the molecule is C[C@@]12C[C@@H]3CC[C@H]4C[C@H](O)CC[C@@H]4[C@H]3C[C@H]1C/C(=C\c1ccccc1)C2=O. The summed E-state index contributed by atoms with van der Waals surface area (Å²) in [6.07, 6.45) is 11.1. The lowest BCUT2D eigenvalue weighted by Gasteiger charge is -2.53. The molecule has 0 saturated heterocycles. The van der Waals surface area contributed by atoms with Crippen LogP contribution in [0.5, 0.6) is 0 Å². The van der Waals surface area contributed by atoms with Gasteiger partial charge in [-0.25, -0.2) is 0 Å². The quantitative estimate of drug-likeness (QED) is 0.690. The molecule has 1 aromatic rings. The van der Waals surface area contributed by atoms with Crippen molar-refractivity contribution in [2.45, 2.75) is 64.4 Å². The molecule has 4 aliphatic rings. The summed E-state index contributed by atoms with van der Waals surface area (Å²) >= 11 is 0. The third-order valence-electron chi connectivity index (χ3n) is 8.64. The van der Waals surface area contributed by atoms with Gasteiger partial charge in [0.05, 0.1) is 6.10 Å². The maximum Gasteiger partial charge on any atom is 0.165 e. The molecular weight excluding hydrogens is 332 g/mol. The Balaban J connectivity index is 1.40. The lowest BCUT2D eigenvalue weighted by Crippen LogP contribution is -2.47. The standard InChI is InChI=1S/C25H32O2/c1-25-15-18-8-7-17-13-21(26)9-10-22(17)23(18)14-20(25)12-19(24(25)27)11-16-5-3-2-4-6-16/h2-6,11,17-18,20-23,26H,7-10,12-15H2,1H3/b19-11+/t17-,18-,20+,21+,22-,23-,25+/m0/s1. The lowest BCUT2D eigenvalue weighted by atomic mass is 9.51. The number of benzene rings is 1. The van der Waals surface area contributed by atoms with Gasteiger partial charge in [-0.15, -0.1) is 0 Å². The molecule has 2 nitrogen and oxygen atoms in total. The molecule has 7 atom stereocenters. The summed E-state index contributed by atoms with van der Waals surface area (Å²) in [7, 11) is 0. The van der Waals surface area contributed by atoms with Crippen LogP contribution in [0.4, 0.5) is 0 Å². The first-order chi connectivity index (χ1) is 13.0. The Morgan fingerprint density at radius 2 is 1.78 bits per heavy atom. The van der Waals surface area contributed by atoms with Gasteiger partial charge in [0.15, 0.2) is 5.78 Å². The van der Waals surface area contributed by atoms with Gasteiger partial charge in [-0.05, 0) is 98.2 Å². The van der Waals surface area contributed by atoms with Crippen molar-refractivity contribution in [2.75, 3.05) is 0 Å². The predicted octanol–water partition coefficient (Wildman–Crippen LogP) is 5.26. The van der Waals surface area contributed by atoms with Gasteiger partial charge in [-0.3, -0.25) is 4.79 Å². The maximum atomic E-state index is 13.4. The molecule has 27 heavy (non-hydrogen) atoms. The number of aliphatic hydroxyl groups is 1. The van der Waals surface area contributed by atoms with Gasteiger partial charge in [0.2, 0.25) is 0 Å². The number of allylic oxidation sites excluding steroid dienone is 1. The number of carbonyl (C=O) groups excluding carboxylic acids is 1. The number of hydrogen-bond acceptors (Lipinski definition) is 2. The lowest BCUT2D eigenvalue weighted by molar-refractivity contribution is -0.130. The number of fused-ring (bicyclic) bond motifs is 4. The highest BCUT2D eigenvalue weighted by Crippen LogP contribution is 2.61. The van der Waals surface area contributed by atoms with Crippen LogP contribution in [-0.4, -0.2) is 17.0 Å². The average Bonchev–Trinajstić information content (AvgIpc) is 2.91. The van der Waals surface area contributed by atoms with Crippen LogP contribution >= 0.6 is 0 Å². The molecule has 0 aromatic heterocycles. The van der Waals surface area contributed by atoms with Crippen molar-refractivity contribution in [3.05, 3.63) is 41.5 Å². The molecule has 4 saturated carbocycles. The van der Waals surface area contributed by atoms with Crippen molar-refractivity contribution < 1.29 is 9.90 Å². The molecule has 4 fully saturated rings. The summed E-state index contributed by atoms with van der Waals surface area (Å²) in [6, 6.07) is 10.3. The zero-order valence-corrected chi connectivity index (χ0v) is 16.4. The number of Topliss-reactive ketones (excluding diaryl/α,β-unsaturated/α-hetero) is 1. The monoisotopic (exact) mass is 364 g/mol. The van der Waals surface area contributed by atoms with Crippen molar-refractivity contribution in [1.82, 2.24) is 0 Å². The Hall–Kier alpha value is -1.41. The summed E-state index contributed by atoms with van der Waals surface area (Å²) in [5.74, 6) is 3.99. The smallest absolute Gasteiger partial charge is 0.165 e. The molecule has 0 radical (unpaired) electrons. The van der Waals surface area contributed by atoms with E-state index in [1.54, 1.807) is 0 Å². The van der Waals surface area contributed by atoms with Crippen molar-refractivity contribution in [2.24, 2.45) is 35.0 Å². The molecule has 4 aliphatic carbocycles. The predicted molar refractivity (Wildman–Crippen MR) is 108 cm³/mol. The Morgan fingerprint density at radius 1 is 1.00 bits per heavy atom. The topological polar surface area (TPSA) is 37.3 Å². The van der Waals surface area contributed by atoms with Gasteiger partial charge < -0.3 is 5.11 Å². The number of carbonyl (C=O) groups is 1. The fourth-order valence-corrected chi connectivity index (χ4v) is 7.26. The van der Waals surface area contributed by atoms with Crippen LogP contribution in [0.1, 0.15) is 63.9 Å². The molecular formula is C25H32O2. The molecule has 0 unspecified atom stereocenters. The van der Waals surface area contributed by atoms with E-state index in [2.05, 4.69) is 25.1 Å². The molecule has 1 N–H and O–H groups in total. The fraction of sp³-hybridized carbons (Fsp3) is 0.640. The molecule has 0 heterocycles. The molecule has 0 bridgehead atoms. The summed E-state index contributed by atoms with van der Waals surface area (Å²) < 4.78 is 0. The largest absolute Gasteiger partial charge is 0.393 e. The summed E-state index contributed by atoms with van der Waals surface area (Å²) in [6.45, 7) is 2.26. The number of rotatable bonds is 1. The molecule has 0 aliphatic heterocycles. The zero-order chi connectivity index (χ0) is 18.6. The fourth-order valence-electron chi connectivity index (χ4n) is 7.26. The van der Waals surface area contributed by atoms with Crippen LogP contribution in [0.2, 0.25) is 0 Å². The van der Waals surface area contributed by atoms with Crippen molar-refractivity contribution >= 4 is 11.9 Å². The van der Waals surface area contributed by atoms with E-state index in [1.165, 1.54) is 25.7 Å². The van der Waals surface area contributed by atoms with E-state index >= 15 is 0 Å². The highest BCUT2D eigenvalue weighted by atomic mass is 16.3. The molecule has 2 heteroatoms. The molecule has 144 valence electrons. The third-order valence-corrected chi connectivity index (χ3v) is 8.64. The summed E-state index contributed by atoms with van der Waals surface area (Å²) in [5.41, 5.74) is 2.08. The van der Waals surface area contributed by atoms with Crippen LogP contribution in [-0.2, 0) is 4.79 Å². The van der Waals surface area contributed by atoms with Gasteiger partial charge in [-0.1, -0.05) is 37.3 Å². The van der Waals surface area contributed by atoms with Gasteiger partial charge in [0.25, 0.3) is 0 Å². The van der Waals surface area contributed by atoms with Crippen LogP contribution in [0.25, 0.3) is 6.08 Å². The first-order valence-corrected chi connectivity index (χ1v) is 11.0. The molecule has 0 spiro atoms. The maximum absolute atomic E-state index is 13.4. The second-order valence-corrected chi connectivity index (χ2v) is 10.1. The minimum atomic E-state index is -0.136. The first-order valence-electron chi connectivity index (χ1n) is 11.0. The highest BCUT2D eigenvalue weighted by Gasteiger charge is 2.56. The van der Waals surface area contributed by atoms with Crippen LogP contribution in [0, 0.1) is 35.0 Å². The minimum absolute atomic E-state index is 0.0647. The van der Waals surface area contributed by atoms with Crippen LogP contribution in [0.15, 0.2) is 35.9 Å². The Bertz CT molecular complexity index is 751. The average molecular weight is 365 g/mol. The van der Waals surface area contributed by atoms with Gasteiger partial charge in [0.1, 0.15) is 0 Å².